The van der Waals surface area contributed by atoms with Crippen LogP contribution in [0.3, 0.4) is 0 Å². The summed E-state index contributed by atoms with van der Waals surface area (Å²) >= 11 is 5.51. The molecule has 1 aromatic carbocycles. The van der Waals surface area contributed by atoms with Gasteiger partial charge in [-0.25, -0.2) is 0 Å². The predicted molar refractivity (Wildman–Crippen MR) is 90.0 cm³/mol. The van der Waals surface area contributed by atoms with Crippen LogP contribution in [0.2, 0.25) is 0 Å². The number of rotatable bonds is 2. The van der Waals surface area contributed by atoms with Crippen molar-refractivity contribution in [2.45, 2.75) is 12.5 Å². The van der Waals surface area contributed by atoms with E-state index in [0.29, 0.717) is 6.54 Å². The molecule has 1 atom stereocenters. The molecule has 0 fully saturated rings. The fourth-order valence-electron chi connectivity index (χ4n) is 1.22. The van der Waals surface area contributed by atoms with E-state index < -0.39 is 5.60 Å². The maximum atomic E-state index is 10.2. The van der Waals surface area contributed by atoms with E-state index in [-0.39, 0.29) is 0 Å². The number of benzene rings is 1. The van der Waals surface area contributed by atoms with Gasteiger partial charge in [-0.3, -0.25) is 4.90 Å². The fourth-order valence-corrected chi connectivity index (χ4v) is 1.48. The molecule has 4 heteroatoms. The third-order valence-electron chi connectivity index (χ3n) is 2.13. The molecule has 0 aliphatic rings. The predicted octanol–water partition coefficient (Wildman–Crippen LogP) is 3.27. The van der Waals surface area contributed by atoms with Crippen LogP contribution in [0.4, 0.5) is 0 Å². The Morgan fingerprint density at radius 2 is 1.78 bits per heavy atom. The molecule has 0 saturated heterocycles. The molecule has 0 amide bonds. The van der Waals surface area contributed by atoms with Crippen LogP contribution >= 0.6 is 38.5 Å². The first kappa shape index (κ1) is 17.9. The van der Waals surface area contributed by atoms with Crippen LogP contribution in [0.5, 0.6) is 0 Å². The summed E-state index contributed by atoms with van der Waals surface area (Å²) < 4.78 is 0.994. The summed E-state index contributed by atoms with van der Waals surface area (Å²) in [4.78, 5) is 3.93. The van der Waals surface area contributed by atoms with E-state index in [4.69, 9.17) is 0 Å². The molecule has 18 heavy (non-hydrogen) atoms. The average molecular weight is 424 g/mol. The zero-order valence-corrected chi connectivity index (χ0v) is 14.9. The summed E-state index contributed by atoms with van der Waals surface area (Å²) in [6.45, 7) is 2.35. The zero-order chi connectivity index (χ0) is 14.2. The largest absolute Gasteiger partial charge is 0.374 e. The third-order valence-corrected chi connectivity index (χ3v) is 2.66. The Morgan fingerprint density at radius 1 is 1.28 bits per heavy atom. The van der Waals surface area contributed by atoms with Crippen molar-refractivity contribution in [1.82, 2.24) is 4.90 Å². The smallest absolute Gasteiger partial charge is 0.148 e. The van der Waals surface area contributed by atoms with Crippen LogP contribution in [-0.2, 0) is 5.60 Å². The molecule has 1 rings (SSSR count). The van der Waals surface area contributed by atoms with Crippen LogP contribution in [0.1, 0.15) is 12.5 Å². The van der Waals surface area contributed by atoms with Gasteiger partial charge in [-0.05, 0) is 43.6 Å². The number of hydrogen-bond acceptors (Lipinski definition) is 2. The quantitative estimate of drug-likeness (QED) is 0.448. The Labute approximate surface area is 132 Å². The van der Waals surface area contributed by atoms with E-state index in [1.165, 1.54) is 0 Å². The first-order valence-electron chi connectivity index (χ1n) is 5.43. The van der Waals surface area contributed by atoms with Crippen molar-refractivity contribution >= 4 is 38.5 Å². The van der Waals surface area contributed by atoms with Crippen LogP contribution in [0.15, 0.2) is 28.7 Å². The molecule has 0 bridgehead atoms. The van der Waals surface area contributed by atoms with Crippen molar-refractivity contribution in [3.63, 3.8) is 0 Å². The lowest BCUT2D eigenvalue weighted by atomic mass is 9.97. The summed E-state index contributed by atoms with van der Waals surface area (Å²) in [6, 6.07) is 7.54. The van der Waals surface area contributed by atoms with E-state index in [0.717, 1.165) is 10.0 Å². The first-order chi connectivity index (χ1) is 8.42. The molecule has 0 spiro atoms. The van der Waals surface area contributed by atoms with Gasteiger partial charge in [0.2, 0.25) is 0 Å². The average Bonchev–Trinajstić information content (AvgIpc) is 2.31. The Balaban J connectivity index is 0.00000137. The van der Waals surface area contributed by atoms with Gasteiger partial charge in [0.15, 0.2) is 0 Å². The molecule has 2 nitrogen and oxygen atoms in total. The summed E-state index contributed by atoms with van der Waals surface area (Å²) in [6.07, 6.45) is 0. The second-order valence-electron chi connectivity index (χ2n) is 4.12. The van der Waals surface area contributed by atoms with Gasteiger partial charge in [0.1, 0.15) is 5.60 Å². The van der Waals surface area contributed by atoms with Crippen LogP contribution in [0.25, 0.3) is 0 Å². The van der Waals surface area contributed by atoms with E-state index in [1.54, 1.807) is 6.92 Å². The second-order valence-corrected chi connectivity index (χ2v) is 5.03. The van der Waals surface area contributed by atoms with E-state index >= 15 is 0 Å². The number of alkyl halides is 1. The number of aliphatic hydroxyl groups is 1. The first-order valence-corrected chi connectivity index (χ1v) is 8.38. The van der Waals surface area contributed by atoms with Crippen molar-refractivity contribution in [3.05, 3.63) is 34.3 Å². The normalized spacial score (nSPS) is 12.9. The molecular formula is C14H19BrINO. The summed E-state index contributed by atoms with van der Waals surface area (Å²) in [5.41, 5.74) is -0.279. The molecule has 0 aromatic heterocycles. The Kier molecular flexibility index (Phi) is 8.87. The molecule has 1 unspecified atom stereocenters. The molecule has 1 N–H and O–H groups in total. The van der Waals surface area contributed by atoms with Gasteiger partial charge in [-0.2, -0.15) is 0 Å². The molecule has 1 aromatic rings. The van der Waals surface area contributed by atoms with E-state index in [9.17, 15) is 5.11 Å². The second kappa shape index (κ2) is 8.92. The monoisotopic (exact) mass is 423 g/mol. The zero-order valence-electron chi connectivity index (χ0n) is 11.2. The lowest BCUT2D eigenvalue weighted by Gasteiger charge is -2.17. The molecule has 100 valence electrons. The van der Waals surface area contributed by atoms with Crippen molar-refractivity contribution in [1.29, 1.82) is 0 Å². The lowest BCUT2D eigenvalue weighted by Crippen LogP contribution is -2.19. The van der Waals surface area contributed by atoms with Gasteiger partial charge in [0.25, 0.3) is 0 Å². The van der Waals surface area contributed by atoms with Crippen LogP contribution < -0.4 is 0 Å². The van der Waals surface area contributed by atoms with Crippen molar-refractivity contribution < 1.29 is 5.11 Å². The highest BCUT2D eigenvalue weighted by Gasteiger charge is 2.19. The Hall–Kier alpha value is -0.0900. The molecule has 0 radical (unpaired) electrons. The molecule has 0 aliphatic carbocycles. The summed E-state index contributed by atoms with van der Waals surface area (Å²) in [7, 11) is 3.89. The van der Waals surface area contributed by atoms with Crippen molar-refractivity contribution in [2.75, 3.05) is 25.6 Å². The minimum atomic E-state index is -1.09. The topological polar surface area (TPSA) is 23.5 Å². The minimum absolute atomic E-state index is 0.646. The van der Waals surface area contributed by atoms with Crippen molar-refractivity contribution in [2.24, 2.45) is 0 Å². The number of hydrogen-bond donors (Lipinski definition) is 1. The number of halogens is 2. The highest BCUT2D eigenvalue weighted by atomic mass is 127. The molecule has 0 saturated carbocycles. The standard InChI is InChI=1S/C13H16BrNO.CH3I/c1-13(16,9-4-10-15(2)3)11-5-7-12(14)8-6-11;1-2/h5-8,16H,10H2,1-3H3;1H3. The lowest BCUT2D eigenvalue weighted by molar-refractivity contribution is 0.122. The fraction of sp³-hybridized carbons (Fsp3) is 0.429. The van der Waals surface area contributed by atoms with Gasteiger partial charge in [0, 0.05) is 4.47 Å². The SMILES string of the molecule is CI.CN(C)CC#CC(C)(O)c1ccc(Br)cc1. The highest BCUT2D eigenvalue weighted by molar-refractivity contribution is 14.1. The van der Waals surface area contributed by atoms with Crippen LogP contribution in [-0.4, -0.2) is 35.6 Å². The van der Waals surface area contributed by atoms with Gasteiger partial charge >= 0.3 is 0 Å². The highest BCUT2D eigenvalue weighted by Crippen LogP contribution is 2.21. The summed E-state index contributed by atoms with van der Waals surface area (Å²) in [5.74, 6) is 5.83. The molecule has 0 aliphatic heterocycles. The molecular weight excluding hydrogens is 405 g/mol. The van der Waals surface area contributed by atoms with Gasteiger partial charge in [-0.15, -0.1) is 0 Å². The van der Waals surface area contributed by atoms with Crippen LogP contribution in [0, 0.1) is 11.8 Å². The van der Waals surface area contributed by atoms with E-state index in [1.807, 2.05) is 48.2 Å². The van der Waals surface area contributed by atoms with Gasteiger partial charge in [-0.1, -0.05) is 62.5 Å². The maximum absolute atomic E-state index is 10.2. The van der Waals surface area contributed by atoms with Gasteiger partial charge < -0.3 is 5.11 Å². The molecule has 0 heterocycles. The van der Waals surface area contributed by atoms with E-state index in [2.05, 4.69) is 50.4 Å². The van der Waals surface area contributed by atoms with Gasteiger partial charge in [0.05, 0.1) is 6.54 Å². The number of nitrogens with zero attached hydrogens (tertiary/aromatic N) is 1. The maximum Gasteiger partial charge on any atom is 0.148 e. The third kappa shape index (κ3) is 6.74. The Bertz CT molecular complexity index is 404. The Morgan fingerprint density at radius 3 is 2.22 bits per heavy atom. The van der Waals surface area contributed by atoms with Crippen molar-refractivity contribution in [3.8, 4) is 11.8 Å². The minimum Gasteiger partial charge on any atom is -0.374 e. The summed E-state index contributed by atoms with van der Waals surface area (Å²) in [5, 5.41) is 10.2.